The van der Waals surface area contributed by atoms with Crippen LogP contribution in [0.1, 0.15) is 12.0 Å². The Kier molecular flexibility index (Phi) is 4.48. The second-order valence-corrected chi connectivity index (χ2v) is 7.13. The summed E-state index contributed by atoms with van der Waals surface area (Å²) in [5.41, 5.74) is 5.09. The van der Waals surface area contributed by atoms with E-state index in [2.05, 4.69) is 21.3 Å². The maximum Gasteiger partial charge on any atom is 0.180 e. The summed E-state index contributed by atoms with van der Waals surface area (Å²) in [6.45, 7) is -0.391. The van der Waals surface area contributed by atoms with Gasteiger partial charge in [-0.25, -0.2) is 13.8 Å². The van der Waals surface area contributed by atoms with Gasteiger partial charge in [0, 0.05) is 29.7 Å². The molecule has 22 heavy (non-hydrogen) atoms. The van der Waals surface area contributed by atoms with Gasteiger partial charge in [0.1, 0.15) is 17.2 Å². The van der Waals surface area contributed by atoms with Crippen molar-refractivity contribution in [2.24, 2.45) is 16.6 Å². The van der Waals surface area contributed by atoms with Crippen molar-refractivity contribution in [2.75, 3.05) is 19.0 Å². The van der Waals surface area contributed by atoms with Crippen molar-refractivity contribution in [3.8, 4) is 0 Å². The van der Waals surface area contributed by atoms with E-state index in [4.69, 9.17) is 10.5 Å². The number of hydrogen-bond acceptors (Lipinski definition) is 4. The predicted octanol–water partition coefficient (Wildman–Crippen LogP) is 1.39. The summed E-state index contributed by atoms with van der Waals surface area (Å²) in [6, 6.07) is 2.27. The minimum absolute atomic E-state index is 0.121. The Bertz CT molecular complexity index is 630. The molecular formula is C14H14AlF3N2OS. The highest BCUT2D eigenvalue weighted by molar-refractivity contribution is 8.13. The standard InChI is InChI=1S/C14H14F3N2OS.Al/c15-4-3-12-10-6-21-13(18)19-14(10,7-20-12)9-2-1-8(16)5-11(9)17;/h2,5,10,12H,3-4,6-7H2,(H2,18,19);/t10-,12-,14-;/m1./s1. The minimum Gasteiger partial charge on any atom is -0.379 e. The fraction of sp³-hybridized carbons (Fsp3) is 0.500. The van der Waals surface area contributed by atoms with Crippen molar-refractivity contribution >= 4 is 37.6 Å². The number of thioether (sulfide) groups is 1. The summed E-state index contributed by atoms with van der Waals surface area (Å²) in [7, 11) is 0. The molecule has 3 rings (SSSR count). The third-order valence-corrected chi connectivity index (χ3v) is 5.60. The number of ether oxygens (including phenoxy) is 1. The van der Waals surface area contributed by atoms with E-state index in [1.54, 1.807) is 0 Å². The Balaban J connectivity index is 2.12. The third-order valence-electron chi connectivity index (χ3n) is 4.25. The van der Waals surface area contributed by atoms with Gasteiger partial charge >= 0.3 is 0 Å². The SMILES string of the molecule is NC1=N[C@@]2(c3c[c]([Al])c(F)cc3F)CO[C@H](CCF)[C@H]2CS1. The summed E-state index contributed by atoms with van der Waals surface area (Å²) >= 11 is 3.59. The molecule has 8 heteroatoms. The molecule has 0 spiro atoms. The maximum atomic E-state index is 14.4. The molecule has 2 N–H and O–H groups in total. The van der Waals surface area contributed by atoms with E-state index in [-0.39, 0.29) is 35.0 Å². The lowest BCUT2D eigenvalue weighted by Gasteiger charge is -2.36. The number of benzene rings is 1. The van der Waals surface area contributed by atoms with Gasteiger partial charge in [0.2, 0.25) is 0 Å². The Morgan fingerprint density at radius 2 is 2.18 bits per heavy atom. The van der Waals surface area contributed by atoms with Gasteiger partial charge < -0.3 is 10.5 Å². The van der Waals surface area contributed by atoms with Crippen molar-refractivity contribution < 1.29 is 17.9 Å². The number of nitrogens with two attached hydrogens (primary N) is 1. The van der Waals surface area contributed by atoms with Crippen LogP contribution >= 0.6 is 11.8 Å². The molecule has 0 unspecified atom stereocenters. The van der Waals surface area contributed by atoms with Gasteiger partial charge in [-0.15, -0.1) is 4.43 Å². The number of halogens is 3. The molecule has 1 saturated heterocycles. The highest BCUT2D eigenvalue weighted by atomic mass is 32.2. The van der Waals surface area contributed by atoms with Crippen molar-refractivity contribution in [1.29, 1.82) is 0 Å². The van der Waals surface area contributed by atoms with Crippen molar-refractivity contribution in [3.05, 3.63) is 29.3 Å². The smallest absolute Gasteiger partial charge is 0.180 e. The zero-order chi connectivity index (χ0) is 15.9. The van der Waals surface area contributed by atoms with E-state index in [1.807, 2.05) is 0 Å². The lowest BCUT2D eigenvalue weighted by Crippen LogP contribution is -2.43. The molecule has 2 aliphatic rings. The topological polar surface area (TPSA) is 47.6 Å². The van der Waals surface area contributed by atoms with E-state index in [0.717, 1.165) is 6.07 Å². The number of alkyl halides is 1. The average Bonchev–Trinajstić information content (AvgIpc) is 2.82. The van der Waals surface area contributed by atoms with Crippen LogP contribution in [0.15, 0.2) is 17.1 Å². The maximum absolute atomic E-state index is 14.4. The largest absolute Gasteiger partial charge is 0.379 e. The first-order valence-corrected chi connectivity index (χ1v) is 8.45. The summed E-state index contributed by atoms with van der Waals surface area (Å²) in [6.07, 6.45) is -0.106. The van der Waals surface area contributed by atoms with E-state index in [1.165, 1.54) is 17.8 Å². The first kappa shape index (κ1) is 16.2. The zero-order valence-corrected chi connectivity index (χ0v) is 13.7. The molecule has 3 atom stereocenters. The van der Waals surface area contributed by atoms with Crippen molar-refractivity contribution in [1.82, 2.24) is 0 Å². The molecule has 1 aromatic rings. The quantitative estimate of drug-likeness (QED) is 0.845. The Hall–Kier alpha value is -0.678. The zero-order valence-electron chi connectivity index (χ0n) is 11.7. The molecule has 3 nitrogen and oxygen atoms in total. The molecule has 0 aliphatic carbocycles. The van der Waals surface area contributed by atoms with E-state index in [9.17, 15) is 13.2 Å². The first-order valence-electron chi connectivity index (χ1n) is 6.88. The molecule has 0 saturated carbocycles. The summed E-state index contributed by atoms with van der Waals surface area (Å²) < 4.78 is 46.6. The molecule has 0 amide bonds. The van der Waals surface area contributed by atoms with Crippen LogP contribution in [-0.2, 0) is 10.3 Å². The van der Waals surface area contributed by atoms with Gasteiger partial charge in [0.05, 0.1) is 19.4 Å². The molecule has 2 aliphatic heterocycles. The number of rotatable bonds is 3. The van der Waals surface area contributed by atoms with Gasteiger partial charge in [-0.2, -0.15) is 0 Å². The van der Waals surface area contributed by atoms with Crippen LogP contribution in [-0.4, -0.2) is 46.6 Å². The molecule has 1 fully saturated rings. The summed E-state index contributed by atoms with van der Waals surface area (Å²) in [5.74, 6) is -0.935. The van der Waals surface area contributed by atoms with Gasteiger partial charge in [-0.1, -0.05) is 17.8 Å². The van der Waals surface area contributed by atoms with Gasteiger partial charge in [0.25, 0.3) is 0 Å². The molecule has 0 aromatic heterocycles. The summed E-state index contributed by atoms with van der Waals surface area (Å²) in [4.78, 5) is 4.45. The van der Waals surface area contributed by atoms with E-state index in [0.29, 0.717) is 10.9 Å². The first-order chi connectivity index (χ1) is 10.5. The van der Waals surface area contributed by atoms with Gasteiger partial charge in [-0.05, 0) is 0 Å². The number of hydrogen-bond donors (Lipinski definition) is 1. The van der Waals surface area contributed by atoms with E-state index < -0.39 is 23.8 Å². The van der Waals surface area contributed by atoms with Gasteiger partial charge in [-0.3, -0.25) is 4.39 Å². The third kappa shape index (κ3) is 2.56. The molecule has 2 heterocycles. The number of nitrogens with zero attached hydrogens (tertiary/aromatic N) is 1. The summed E-state index contributed by atoms with van der Waals surface area (Å²) in [5, 5.41) is 0.342. The predicted molar refractivity (Wildman–Crippen MR) is 81.3 cm³/mol. The highest BCUT2D eigenvalue weighted by Gasteiger charge is 2.53. The Morgan fingerprint density at radius 3 is 2.91 bits per heavy atom. The van der Waals surface area contributed by atoms with Gasteiger partial charge in [0.15, 0.2) is 21.5 Å². The van der Waals surface area contributed by atoms with Crippen LogP contribution in [0.4, 0.5) is 13.2 Å². The second-order valence-electron chi connectivity index (χ2n) is 5.47. The normalized spacial score (nSPS) is 31.0. The highest BCUT2D eigenvalue weighted by Crippen LogP contribution is 2.48. The lowest BCUT2D eigenvalue weighted by atomic mass is 9.78. The Labute approximate surface area is 138 Å². The number of amidine groups is 1. The van der Waals surface area contributed by atoms with Crippen molar-refractivity contribution in [2.45, 2.75) is 18.1 Å². The van der Waals surface area contributed by atoms with Crippen LogP contribution < -0.4 is 10.2 Å². The molecule has 0 bridgehead atoms. The second kappa shape index (κ2) is 6.08. The molecule has 1 aromatic carbocycles. The molecule has 116 valence electrons. The fourth-order valence-corrected chi connectivity index (χ4v) is 4.47. The van der Waals surface area contributed by atoms with Crippen LogP contribution in [0.3, 0.4) is 0 Å². The Morgan fingerprint density at radius 1 is 1.41 bits per heavy atom. The number of fused-ring (bicyclic) bond motifs is 1. The van der Waals surface area contributed by atoms with E-state index >= 15 is 0 Å². The van der Waals surface area contributed by atoms with Crippen molar-refractivity contribution in [3.63, 3.8) is 0 Å². The van der Waals surface area contributed by atoms with Crippen LogP contribution in [0, 0.1) is 17.6 Å². The van der Waals surface area contributed by atoms with Crippen LogP contribution in [0.25, 0.3) is 0 Å². The molecular weight excluding hydrogens is 328 g/mol. The van der Waals surface area contributed by atoms with Crippen LogP contribution in [0.2, 0.25) is 0 Å². The average molecular weight is 342 g/mol. The fourth-order valence-electron chi connectivity index (χ4n) is 3.16. The monoisotopic (exact) mass is 342 g/mol. The number of aliphatic imine (C=N–C) groups is 1. The lowest BCUT2D eigenvalue weighted by molar-refractivity contribution is 0.0807. The molecule has 2 radical (unpaired) electrons. The van der Waals surface area contributed by atoms with Crippen LogP contribution in [0.5, 0.6) is 0 Å². The minimum atomic E-state index is -1.00.